The van der Waals surface area contributed by atoms with Crippen molar-refractivity contribution in [2.45, 2.75) is 83.6 Å². The molecule has 2 saturated carbocycles. The monoisotopic (exact) mass is 511 g/mol. The lowest BCUT2D eigenvalue weighted by Crippen LogP contribution is -2.27. The first-order chi connectivity index (χ1) is 17.9. The summed E-state index contributed by atoms with van der Waals surface area (Å²) in [5.74, 6) is 1.29. The van der Waals surface area contributed by atoms with Gasteiger partial charge in [0.2, 0.25) is 5.89 Å². The Balaban J connectivity index is 1.30. The molecular formula is C28H35F2N5O2. The summed E-state index contributed by atoms with van der Waals surface area (Å²) in [6.07, 6.45) is 12.7. The van der Waals surface area contributed by atoms with Crippen LogP contribution in [0.25, 0.3) is 11.5 Å². The molecule has 5 rings (SSSR count). The first-order valence-electron chi connectivity index (χ1n) is 13.5. The van der Waals surface area contributed by atoms with Gasteiger partial charge < -0.3 is 9.32 Å². The molecule has 0 bridgehead atoms. The number of aromatic nitrogens is 4. The van der Waals surface area contributed by atoms with Gasteiger partial charge in [-0.25, -0.2) is 13.8 Å². The Labute approximate surface area is 216 Å². The van der Waals surface area contributed by atoms with Crippen molar-refractivity contribution in [3.05, 3.63) is 47.9 Å². The molecule has 9 heteroatoms. The van der Waals surface area contributed by atoms with E-state index < -0.39 is 12.3 Å². The maximum atomic E-state index is 13.9. The van der Waals surface area contributed by atoms with Crippen LogP contribution in [0.5, 0.6) is 0 Å². The molecule has 0 aromatic carbocycles. The lowest BCUT2D eigenvalue weighted by Gasteiger charge is -2.28. The molecule has 0 aliphatic heterocycles. The number of oxazole rings is 1. The average molecular weight is 512 g/mol. The van der Waals surface area contributed by atoms with E-state index in [4.69, 9.17) is 4.42 Å². The van der Waals surface area contributed by atoms with Gasteiger partial charge in [-0.1, -0.05) is 32.6 Å². The minimum Gasteiger partial charge on any atom is -0.444 e. The average Bonchev–Trinajstić information content (AvgIpc) is 3.41. The standard InChI is InChI=1S/C28H35F2N5O2/c1-3-4-18-8-11-22(12-9-18)35-16-24(25(33-35)26(29)30)34(2)28(36)23-17-37-27(32-23)20-13-14-31-21(15-20)10-7-19-5-6-19/h13-19,22,26H,3-12H2,1-2H3/t18-,22-. The Bertz CT molecular complexity index is 1210. The summed E-state index contributed by atoms with van der Waals surface area (Å²) in [5, 5.41) is 4.22. The highest BCUT2D eigenvalue weighted by atomic mass is 19.3. The van der Waals surface area contributed by atoms with Crippen LogP contribution in [0.4, 0.5) is 14.5 Å². The van der Waals surface area contributed by atoms with Crippen LogP contribution in [0.2, 0.25) is 0 Å². The van der Waals surface area contributed by atoms with E-state index in [2.05, 4.69) is 22.0 Å². The lowest BCUT2D eigenvalue weighted by atomic mass is 9.83. The summed E-state index contributed by atoms with van der Waals surface area (Å²) in [4.78, 5) is 23.2. The summed E-state index contributed by atoms with van der Waals surface area (Å²) in [6.45, 7) is 2.19. The first kappa shape index (κ1) is 25.5. The molecule has 0 unspecified atom stereocenters. The van der Waals surface area contributed by atoms with Gasteiger partial charge in [-0.05, 0) is 62.5 Å². The molecule has 2 fully saturated rings. The van der Waals surface area contributed by atoms with E-state index in [1.54, 1.807) is 23.1 Å². The summed E-state index contributed by atoms with van der Waals surface area (Å²) >= 11 is 0. The van der Waals surface area contributed by atoms with E-state index in [0.29, 0.717) is 11.8 Å². The van der Waals surface area contributed by atoms with E-state index in [1.165, 1.54) is 37.5 Å². The van der Waals surface area contributed by atoms with Gasteiger partial charge in [0.05, 0.1) is 11.7 Å². The number of halogens is 2. The van der Waals surface area contributed by atoms with Gasteiger partial charge in [0.15, 0.2) is 11.4 Å². The van der Waals surface area contributed by atoms with E-state index >= 15 is 0 Å². The van der Waals surface area contributed by atoms with E-state index in [1.807, 2.05) is 6.07 Å². The zero-order valence-electron chi connectivity index (χ0n) is 21.6. The van der Waals surface area contributed by atoms with E-state index in [0.717, 1.165) is 62.1 Å². The van der Waals surface area contributed by atoms with Gasteiger partial charge in [0.25, 0.3) is 12.3 Å². The van der Waals surface area contributed by atoms with E-state index in [-0.39, 0.29) is 23.1 Å². The van der Waals surface area contributed by atoms with Gasteiger partial charge in [0.1, 0.15) is 6.26 Å². The fourth-order valence-corrected chi connectivity index (χ4v) is 5.40. The Hall–Kier alpha value is -3.10. The Morgan fingerprint density at radius 2 is 1.89 bits per heavy atom. The number of hydrogen-bond donors (Lipinski definition) is 0. The quantitative estimate of drug-likeness (QED) is 0.292. The molecule has 0 saturated heterocycles. The minimum absolute atomic E-state index is 0.0573. The highest BCUT2D eigenvalue weighted by Crippen LogP contribution is 2.37. The normalized spacial score (nSPS) is 19.9. The van der Waals surface area contributed by atoms with Gasteiger partial charge in [-0.3, -0.25) is 14.5 Å². The Kier molecular flexibility index (Phi) is 7.67. The van der Waals surface area contributed by atoms with Crippen LogP contribution in [0.1, 0.15) is 99.1 Å². The number of hydrogen-bond acceptors (Lipinski definition) is 5. The molecule has 7 nitrogen and oxygen atoms in total. The zero-order valence-corrected chi connectivity index (χ0v) is 21.6. The summed E-state index contributed by atoms with van der Waals surface area (Å²) in [5.41, 5.74) is 1.48. The fourth-order valence-electron chi connectivity index (χ4n) is 5.40. The number of anilines is 1. The van der Waals surface area contributed by atoms with Crippen molar-refractivity contribution in [1.82, 2.24) is 19.7 Å². The second-order valence-electron chi connectivity index (χ2n) is 10.6. The maximum absolute atomic E-state index is 13.9. The van der Waals surface area contributed by atoms with Gasteiger partial charge in [-0.2, -0.15) is 5.10 Å². The second kappa shape index (κ2) is 11.1. The predicted molar refractivity (Wildman–Crippen MR) is 137 cm³/mol. The van der Waals surface area contributed by atoms with Crippen LogP contribution in [-0.2, 0) is 6.42 Å². The number of carbonyl (C=O) groups excluding carboxylic acids is 1. The third-order valence-electron chi connectivity index (χ3n) is 7.79. The van der Waals surface area contributed by atoms with Crippen LogP contribution in [0.15, 0.2) is 35.2 Å². The summed E-state index contributed by atoms with van der Waals surface area (Å²) in [7, 11) is 1.48. The van der Waals surface area contributed by atoms with Crippen molar-refractivity contribution in [2.75, 3.05) is 11.9 Å². The third kappa shape index (κ3) is 5.91. The van der Waals surface area contributed by atoms with Crippen molar-refractivity contribution in [1.29, 1.82) is 0 Å². The highest BCUT2D eigenvalue weighted by molar-refractivity contribution is 6.04. The molecule has 3 heterocycles. The molecule has 2 aliphatic carbocycles. The largest absolute Gasteiger partial charge is 0.444 e. The number of amides is 1. The SMILES string of the molecule is CCC[C@H]1CC[C@H](n2cc(N(C)C(=O)c3coc(-c4ccnc(CCC5CC5)c4)n3)c(C(F)F)n2)CC1. The summed E-state index contributed by atoms with van der Waals surface area (Å²) < 4.78 is 35.1. The number of pyridine rings is 1. The summed E-state index contributed by atoms with van der Waals surface area (Å²) in [6, 6.07) is 3.79. The van der Waals surface area contributed by atoms with Crippen LogP contribution < -0.4 is 4.90 Å². The van der Waals surface area contributed by atoms with Crippen LogP contribution in [-0.4, -0.2) is 32.7 Å². The molecule has 0 spiro atoms. The number of rotatable bonds is 10. The number of carbonyl (C=O) groups is 1. The van der Waals surface area contributed by atoms with Crippen molar-refractivity contribution in [2.24, 2.45) is 11.8 Å². The molecule has 2 aliphatic rings. The molecule has 0 atom stereocenters. The second-order valence-corrected chi connectivity index (χ2v) is 10.6. The molecule has 198 valence electrons. The third-order valence-corrected chi connectivity index (χ3v) is 7.79. The Morgan fingerprint density at radius 1 is 1.16 bits per heavy atom. The minimum atomic E-state index is -2.79. The van der Waals surface area contributed by atoms with Crippen LogP contribution in [0.3, 0.4) is 0 Å². The molecule has 1 amide bonds. The van der Waals surface area contributed by atoms with Crippen molar-refractivity contribution in [3.63, 3.8) is 0 Å². The smallest absolute Gasteiger partial charge is 0.284 e. The fraction of sp³-hybridized carbons (Fsp3) is 0.571. The molecular weight excluding hydrogens is 476 g/mol. The topological polar surface area (TPSA) is 77.0 Å². The molecule has 0 N–H and O–H groups in total. The first-order valence-corrected chi connectivity index (χ1v) is 13.5. The molecule has 3 aromatic heterocycles. The predicted octanol–water partition coefficient (Wildman–Crippen LogP) is 7.02. The zero-order chi connectivity index (χ0) is 25.9. The van der Waals surface area contributed by atoms with Crippen molar-refractivity contribution >= 4 is 11.6 Å². The van der Waals surface area contributed by atoms with Crippen LogP contribution in [0, 0.1) is 11.8 Å². The lowest BCUT2D eigenvalue weighted by molar-refractivity contribution is 0.0986. The van der Waals surface area contributed by atoms with Gasteiger partial charge in [0, 0.05) is 30.7 Å². The van der Waals surface area contributed by atoms with Crippen molar-refractivity contribution in [3.8, 4) is 11.5 Å². The van der Waals surface area contributed by atoms with Gasteiger partial charge in [-0.15, -0.1) is 0 Å². The van der Waals surface area contributed by atoms with E-state index in [9.17, 15) is 13.6 Å². The van der Waals surface area contributed by atoms with Crippen molar-refractivity contribution < 1.29 is 18.0 Å². The number of aryl methyl sites for hydroxylation is 1. The molecule has 37 heavy (non-hydrogen) atoms. The van der Waals surface area contributed by atoms with Gasteiger partial charge >= 0.3 is 0 Å². The van der Waals surface area contributed by atoms with Crippen LogP contribution >= 0.6 is 0 Å². The molecule has 3 aromatic rings. The highest BCUT2D eigenvalue weighted by Gasteiger charge is 2.30. The number of nitrogens with zero attached hydrogens (tertiary/aromatic N) is 5. The molecule has 0 radical (unpaired) electrons. The number of alkyl halides is 2. The Morgan fingerprint density at radius 3 is 2.59 bits per heavy atom. The maximum Gasteiger partial charge on any atom is 0.284 e.